The second-order valence-electron chi connectivity index (χ2n) is 4.60. The number of carbonyl (C=O) groups is 1. The average Bonchev–Trinajstić information content (AvgIpc) is 2.39. The molecule has 1 fully saturated rings. The molecule has 4 heteroatoms. The predicted octanol–water partition coefficient (Wildman–Crippen LogP) is 3.23. The molecule has 98 valence electrons. The van der Waals surface area contributed by atoms with Gasteiger partial charge in [-0.1, -0.05) is 22.0 Å². The first kappa shape index (κ1) is 13.4. The van der Waals surface area contributed by atoms with Gasteiger partial charge in [-0.3, -0.25) is 4.79 Å². The van der Waals surface area contributed by atoms with Crippen molar-refractivity contribution in [1.82, 2.24) is 4.90 Å². The molecular weight excluding hydrogens is 294 g/mol. The maximum atomic E-state index is 12.2. The lowest BCUT2D eigenvalue weighted by Crippen LogP contribution is -2.43. The Kier molecular flexibility index (Phi) is 4.64. The zero-order valence-electron chi connectivity index (χ0n) is 10.6. The van der Waals surface area contributed by atoms with Crippen LogP contribution < -0.4 is 4.74 Å². The van der Waals surface area contributed by atoms with Gasteiger partial charge in [0.1, 0.15) is 5.75 Å². The van der Waals surface area contributed by atoms with Crippen LogP contribution in [0.15, 0.2) is 28.7 Å². The number of benzene rings is 1. The average molecular weight is 312 g/mol. The summed E-state index contributed by atoms with van der Waals surface area (Å²) in [5.41, 5.74) is 0. The molecule has 0 radical (unpaired) electrons. The lowest BCUT2D eigenvalue weighted by molar-refractivity contribution is -0.138. The largest absolute Gasteiger partial charge is 0.481 e. The van der Waals surface area contributed by atoms with E-state index in [1.807, 2.05) is 36.1 Å². The Morgan fingerprint density at radius 3 is 2.72 bits per heavy atom. The maximum Gasteiger partial charge on any atom is 0.263 e. The van der Waals surface area contributed by atoms with E-state index in [4.69, 9.17) is 4.74 Å². The molecule has 0 saturated carbocycles. The second kappa shape index (κ2) is 6.23. The molecule has 1 aromatic carbocycles. The SMILES string of the molecule is C[C@@H](Oc1cccc(Br)c1)C(=O)N1CCCCC1. The van der Waals surface area contributed by atoms with Crippen molar-refractivity contribution < 1.29 is 9.53 Å². The molecule has 0 N–H and O–H groups in total. The van der Waals surface area contributed by atoms with Crippen LogP contribution in [0, 0.1) is 0 Å². The smallest absolute Gasteiger partial charge is 0.263 e. The summed E-state index contributed by atoms with van der Waals surface area (Å²) < 4.78 is 6.65. The zero-order chi connectivity index (χ0) is 13.0. The summed E-state index contributed by atoms with van der Waals surface area (Å²) in [6.45, 7) is 3.55. The molecule has 0 aromatic heterocycles. The number of amides is 1. The van der Waals surface area contributed by atoms with Crippen LogP contribution in [-0.2, 0) is 4.79 Å². The number of piperidine rings is 1. The molecule has 0 unspecified atom stereocenters. The van der Waals surface area contributed by atoms with E-state index in [0.29, 0.717) is 0 Å². The highest BCUT2D eigenvalue weighted by atomic mass is 79.9. The van der Waals surface area contributed by atoms with Crippen LogP contribution >= 0.6 is 15.9 Å². The summed E-state index contributed by atoms with van der Waals surface area (Å²) in [7, 11) is 0. The molecule has 1 heterocycles. The molecule has 1 saturated heterocycles. The molecule has 3 nitrogen and oxygen atoms in total. The van der Waals surface area contributed by atoms with Gasteiger partial charge in [0.05, 0.1) is 0 Å². The van der Waals surface area contributed by atoms with Crippen molar-refractivity contribution in [2.45, 2.75) is 32.3 Å². The minimum Gasteiger partial charge on any atom is -0.481 e. The van der Waals surface area contributed by atoms with Gasteiger partial charge in [0.25, 0.3) is 5.91 Å². The molecule has 1 amide bonds. The quantitative estimate of drug-likeness (QED) is 0.857. The van der Waals surface area contributed by atoms with Gasteiger partial charge in [0, 0.05) is 17.6 Å². The maximum absolute atomic E-state index is 12.2. The van der Waals surface area contributed by atoms with Gasteiger partial charge in [-0.05, 0) is 44.4 Å². The van der Waals surface area contributed by atoms with E-state index in [2.05, 4.69) is 15.9 Å². The Morgan fingerprint density at radius 2 is 2.06 bits per heavy atom. The third-order valence-corrected chi connectivity index (χ3v) is 3.62. The fourth-order valence-corrected chi connectivity index (χ4v) is 2.54. The van der Waals surface area contributed by atoms with Crippen LogP contribution in [0.3, 0.4) is 0 Å². The van der Waals surface area contributed by atoms with Gasteiger partial charge >= 0.3 is 0 Å². The van der Waals surface area contributed by atoms with Gasteiger partial charge < -0.3 is 9.64 Å². The molecule has 18 heavy (non-hydrogen) atoms. The van der Waals surface area contributed by atoms with Crippen molar-refractivity contribution in [3.8, 4) is 5.75 Å². The highest BCUT2D eigenvalue weighted by molar-refractivity contribution is 9.10. The van der Waals surface area contributed by atoms with Crippen molar-refractivity contribution in [3.05, 3.63) is 28.7 Å². The van der Waals surface area contributed by atoms with Gasteiger partial charge in [0.2, 0.25) is 0 Å². The van der Waals surface area contributed by atoms with Crippen molar-refractivity contribution in [2.24, 2.45) is 0 Å². The van der Waals surface area contributed by atoms with Gasteiger partial charge in [0.15, 0.2) is 6.10 Å². The number of ether oxygens (including phenoxy) is 1. The highest BCUT2D eigenvalue weighted by Crippen LogP contribution is 2.20. The Hall–Kier alpha value is -1.03. The first-order valence-electron chi connectivity index (χ1n) is 6.38. The zero-order valence-corrected chi connectivity index (χ0v) is 12.1. The van der Waals surface area contributed by atoms with Crippen LogP contribution in [0.25, 0.3) is 0 Å². The van der Waals surface area contributed by atoms with Crippen molar-refractivity contribution >= 4 is 21.8 Å². The topological polar surface area (TPSA) is 29.5 Å². The van der Waals surface area contributed by atoms with Crippen molar-refractivity contribution in [3.63, 3.8) is 0 Å². The number of rotatable bonds is 3. The van der Waals surface area contributed by atoms with E-state index in [1.54, 1.807) is 0 Å². The first-order chi connectivity index (χ1) is 8.66. The number of nitrogens with zero attached hydrogens (tertiary/aromatic N) is 1. The normalized spacial score (nSPS) is 17.3. The van der Waals surface area contributed by atoms with E-state index >= 15 is 0 Å². The molecule has 1 aliphatic rings. The Labute approximate surface area is 116 Å². The molecule has 0 aliphatic carbocycles. The van der Waals surface area contributed by atoms with E-state index < -0.39 is 6.10 Å². The third kappa shape index (κ3) is 3.48. The standard InChI is InChI=1S/C14H18BrNO2/c1-11(14(17)16-8-3-2-4-9-16)18-13-7-5-6-12(15)10-13/h5-7,10-11H,2-4,8-9H2,1H3/t11-/m1/s1. The molecule has 1 aliphatic heterocycles. The Morgan fingerprint density at radius 1 is 1.33 bits per heavy atom. The fourth-order valence-electron chi connectivity index (χ4n) is 2.17. The fraction of sp³-hybridized carbons (Fsp3) is 0.500. The first-order valence-corrected chi connectivity index (χ1v) is 7.17. The summed E-state index contributed by atoms with van der Waals surface area (Å²) in [6.07, 6.45) is 3.02. The van der Waals surface area contributed by atoms with E-state index in [1.165, 1.54) is 6.42 Å². The van der Waals surface area contributed by atoms with Crippen LogP contribution in [-0.4, -0.2) is 30.0 Å². The summed E-state index contributed by atoms with van der Waals surface area (Å²) in [4.78, 5) is 14.1. The monoisotopic (exact) mass is 311 g/mol. The summed E-state index contributed by atoms with van der Waals surface area (Å²) in [6, 6.07) is 7.58. The molecular formula is C14H18BrNO2. The summed E-state index contributed by atoms with van der Waals surface area (Å²) >= 11 is 3.39. The highest BCUT2D eigenvalue weighted by Gasteiger charge is 2.23. The third-order valence-electron chi connectivity index (χ3n) is 3.12. The predicted molar refractivity (Wildman–Crippen MR) is 74.7 cm³/mol. The molecule has 0 bridgehead atoms. The van der Waals surface area contributed by atoms with E-state index in [-0.39, 0.29) is 5.91 Å². The van der Waals surface area contributed by atoms with Crippen LogP contribution in [0.1, 0.15) is 26.2 Å². The van der Waals surface area contributed by atoms with Crippen LogP contribution in [0.4, 0.5) is 0 Å². The van der Waals surface area contributed by atoms with Gasteiger partial charge in [-0.2, -0.15) is 0 Å². The van der Waals surface area contributed by atoms with Crippen LogP contribution in [0.5, 0.6) is 5.75 Å². The molecule has 1 aromatic rings. The molecule has 2 rings (SSSR count). The Balaban J connectivity index is 1.94. The van der Waals surface area contributed by atoms with E-state index in [9.17, 15) is 4.79 Å². The van der Waals surface area contributed by atoms with Gasteiger partial charge in [-0.25, -0.2) is 0 Å². The summed E-state index contributed by atoms with van der Waals surface area (Å²) in [5.74, 6) is 0.817. The minimum atomic E-state index is -0.419. The number of halogens is 1. The summed E-state index contributed by atoms with van der Waals surface area (Å²) in [5, 5.41) is 0. The number of carbonyl (C=O) groups excluding carboxylic acids is 1. The van der Waals surface area contributed by atoms with Crippen molar-refractivity contribution in [2.75, 3.05) is 13.1 Å². The van der Waals surface area contributed by atoms with Crippen LogP contribution in [0.2, 0.25) is 0 Å². The minimum absolute atomic E-state index is 0.0923. The number of hydrogen-bond donors (Lipinski definition) is 0. The van der Waals surface area contributed by atoms with Crippen molar-refractivity contribution in [1.29, 1.82) is 0 Å². The van der Waals surface area contributed by atoms with Gasteiger partial charge in [-0.15, -0.1) is 0 Å². The second-order valence-corrected chi connectivity index (χ2v) is 5.52. The lowest BCUT2D eigenvalue weighted by atomic mass is 10.1. The Bertz CT molecular complexity index is 416. The lowest BCUT2D eigenvalue weighted by Gasteiger charge is -2.29. The molecule has 0 spiro atoms. The number of likely N-dealkylation sites (tertiary alicyclic amines) is 1. The van der Waals surface area contributed by atoms with E-state index in [0.717, 1.165) is 36.2 Å². The molecule has 1 atom stereocenters. The number of hydrogen-bond acceptors (Lipinski definition) is 2.